The summed E-state index contributed by atoms with van der Waals surface area (Å²) in [6.07, 6.45) is 0. The third-order valence-corrected chi connectivity index (χ3v) is 4.61. The summed E-state index contributed by atoms with van der Waals surface area (Å²) in [4.78, 5) is 16.2. The van der Waals surface area contributed by atoms with Crippen LogP contribution in [0.15, 0.2) is 48.5 Å². The van der Waals surface area contributed by atoms with Crippen LogP contribution in [0.3, 0.4) is 0 Å². The number of carbonyl (C=O) groups excluding carboxylic acids is 1. The van der Waals surface area contributed by atoms with E-state index >= 15 is 0 Å². The molecule has 0 unspecified atom stereocenters. The Morgan fingerprint density at radius 2 is 1.88 bits per heavy atom. The molecule has 0 amide bonds. The largest absolute Gasteiger partial charge is 0.482 e. The van der Waals surface area contributed by atoms with Crippen LogP contribution in [-0.4, -0.2) is 17.6 Å². The zero-order valence-corrected chi connectivity index (χ0v) is 14.5. The number of carbonyl (C=O) groups is 1. The van der Waals surface area contributed by atoms with Gasteiger partial charge in [0, 0.05) is 0 Å². The van der Waals surface area contributed by atoms with Crippen molar-refractivity contribution in [3.8, 4) is 5.75 Å². The number of aromatic nitrogens is 1. The minimum Gasteiger partial charge on any atom is -0.482 e. The average Bonchev–Trinajstić information content (AvgIpc) is 3.01. The van der Waals surface area contributed by atoms with Crippen molar-refractivity contribution < 1.29 is 14.3 Å². The van der Waals surface area contributed by atoms with Crippen molar-refractivity contribution in [1.82, 2.24) is 4.98 Å². The van der Waals surface area contributed by atoms with Gasteiger partial charge in [0.05, 0.1) is 10.2 Å². The lowest BCUT2D eigenvalue weighted by Crippen LogP contribution is -2.14. The van der Waals surface area contributed by atoms with E-state index in [2.05, 4.69) is 18.8 Å². The monoisotopic (exact) mass is 341 g/mol. The van der Waals surface area contributed by atoms with Gasteiger partial charge in [0.25, 0.3) is 0 Å². The fourth-order valence-corrected chi connectivity index (χ4v) is 3.14. The average molecular weight is 341 g/mol. The van der Waals surface area contributed by atoms with Crippen molar-refractivity contribution in [3.63, 3.8) is 0 Å². The number of para-hydroxylation sites is 1. The lowest BCUT2D eigenvalue weighted by molar-refractivity contribution is -0.147. The molecular formula is C19H19NO3S. The molecular weight excluding hydrogens is 322 g/mol. The summed E-state index contributed by atoms with van der Waals surface area (Å²) in [5, 5.41) is 0.783. The molecule has 0 fully saturated rings. The number of thiazole rings is 1. The summed E-state index contributed by atoms with van der Waals surface area (Å²) < 4.78 is 11.8. The van der Waals surface area contributed by atoms with Crippen molar-refractivity contribution in [3.05, 3.63) is 59.1 Å². The molecule has 0 bridgehead atoms. The van der Waals surface area contributed by atoms with Gasteiger partial charge in [0.1, 0.15) is 17.4 Å². The topological polar surface area (TPSA) is 48.4 Å². The molecule has 0 saturated heterocycles. The Kier molecular flexibility index (Phi) is 5.11. The molecule has 0 aliphatic rings. The fraction of sp³-hybridized carbons (Fsp3) is 0.263. The van der Waals surface area contributed by atoms with Gasteiger partial charge in [-0.15, -0.1) is 11.3 Å². The molecule has 3 aromatic rings. The zero-order valence-electron chi connectivity index (χ0n) is 13.7. The zero-order chi connectivity index (χ0) is 16.9. The summed E-state index contributed by atoms with van der Waals surface area (Å²) in [6.45, 7) is 4.34. The third-order valence-electron chi connectivity index (χ3n) is 3.60. The first-order valence-electron chi connectivity index (χ1n) is 7.84. The lowest BCUT2D eigenvalue weighted by Gasteiger charge is -2.08. The first kappa shape index (κ1) is 16.5. The molecule has 24 heavy (non-hydrogen) atoms. The van der Waals surface area contributed by atoms with E-state index in [9.17, 15) is 4.79 Å². The maximum Gasteiger partial charge on any atom is 0.344 e. The summed E-state index contributed by atoms with van der Waals surface area (Å²) in [6, 6.07) is 15.6. The van der Waals surface area contributed by atoms with Crippen LogP contribution in [0.1, 0.15) is 30.3 Å². The fourth-order valence-electron chi connectivity index (χ4n) is 2.26. The van der Waals surface area contributed by atoms with Gasteiger partial charge in [0.2, 0.25) is 0 Å². The van der Waals surface area contributed by atoms with Crippen molar-refractivity contribution in [2.75, 3.05) is 6.61 Å². The number of benzene rings is 2. The quantitative estimate of drug-likeness (QED) is 0.618. The second-order valence-corrected chi connectivity index (χ2v) is 6.86. The van der Waals surface area contributed by atoms with Crippen molar-refractivity contribution >= 4 is 27.5 Å². The summed E-state index contributed by atoms with van der Waals surface area (Å²) in [5.74, 6) is 0.733. The summed E-state index contributed by atoms with van der Waals surface area (Å²) in [5.41, 5.74) is 2.16. The van der Waals surface area contributed by atoms with E-state index in [1.807, 2.05) is 48.5 Å². The third kappa shape index (κ3) is 4.11. The normalized spacial score (nSPS) is 11.0. The molecule has 1 heterocycles. The predicted molar refractivity (Wildman–Crippen MR) is 95.4 cm³/mol. The van der Waals surface area contributed by atoms with Crippen LogP contribution in [0.5, 0.6) is 5.75 Å². The minimum absolute atomic E-state index is 0.105. The van der Waals surface area contributed by atoms with Crippen LogP contribution < -0.4 is 4.74 Å². The van der Waals surface area contributed by atoms with Gasteiger partial charge in [-0.1, -0.05) is 38.1 Å². The molecule has 1 aromatic heterocycles. The van der Waals surface area contributed by atoms with Crippen molar-refractivity contribution in [2.24, 2.45) is 0 Å². The molecule has 5 heteroatoms. The molecule has 3 rings (SSSR count). The van der Waals surface area contributed by atoms with E-state index in [-0.39, 0.29) is 13.2 Å². The van der Waals surface area contributed by atoms with E-state index in [0.717, 1.165) is 15.2 Å². The molecule has 0 N–H and O–H groups in total. The van der Waals surface area contributed by atoms with Crippen LogP contribution in [0.4, 0.5) is 0 Å². The Hall–Kier alpha value is -2.40. The van der Waals surface area contributed by atoms with Crippen LogP contribution in [0, 0.1) is 0 Å². The van der Waals surface area contributed by atoms with E-state index in [1.165, 1.54) is 16.9 Å². The minimum atomic E-state index is -0.401. The predicted octanol–water partition coefficient (Wildman–Crippen LogP) is 4.54. The standard InChI is InChI=1S/C19H19NO3S/c1-13(2)14-7-9-15(10-8-14)22-12-19(21)23-11-18-20-16-5-3-4-6-17(16)24-18/h3-10,13H,11-12H2,1-2H3. The molecule has 0 saturated carbocycles. The smallest absolute Gasteiger partial charge is 0.344 e. The molecule has 0 atom stereocenters. The maximum absolute atomic E-state index is 11.8. The number of hydrogen-bond donors (Lipinski definition) is 0. The van der Waals surface area contributed by atoms with E-state index in [1.54, 1.807) is 0 Å². The lowest BCUT2D eigenvalue weighted by atomic mass is 10.0. The van der Waals surface area contributed by atoms with Crippen LogP contribution in [0.2, 0.25) is 0 Å². The Balaban J connectivity index is 1.48. The highest BCUT2D eigenvalue weighted by Gasteiger charge is 2.08. The van der Waals surface area contributed by atoms with Gasteiger partial charge in [-0.2, -0.15) is 0 Å². The van der Waals surface area contributed by atoms with Gasteiger partial charge in [0.15, 0.2) is 6.61 Å². The summed E-state index contributed by atoms with van der Waals surface area (Å²) in [7, 11) is 0. The van der Waals surface area contributed by atoms with Crippen molar-refractivity contribution in [1.29, 1.82) is 0 Å². The van der Waals surface area contributed by atoms with Crippen molar-refractivity contribution in [2.45, 2.75) is 26.4 Å². The van der Waals surface area contributed by atoms with E-state index in [0.29, 0.717) is 11.7 Å². The van der Waals surface area contributed by atoms with Gasteiger partial charge in [-0.25, -0.2) is 9.78 Å². The van der Waals surface area contributed by atoms with Crippen LogP contribution in [0.25, 0.3) is 10.2 Å². The van der Waals surface area contributed by atoms with Gasteiger partial charge >= 0.3 is 5.97 Å². The summed E-state index contributed by atoms with van der Waals surface area (Å²) >= 11 is 1.53. The highest BCUT2D eigenvalue weighted by Crippen LogP contribution is 2.22. The van der Waals surface area contributed by atoms with E-state index in [4.69, 9.17) is 9.47 Å². The number of hydrogen-bond acceptors (Lipinski definition) is 5. The maximum atomic E-state index is 11.8. The molecule has 124 valence electrons. The Bertz CT molecular complexity index is 791. The first-order chi connectivity index (χ1) is 11.6. The number of esters is 1. The Labute approximate surface area is 145 Å². The number of fused-ring (bicyclic) bond motifs is 1. The SMILES string of the molecule is CC(C)c1ccc(OCC(=O)OCc2nc3ccccc3s2)cc1. The number of ether oxygens (including phenoxy) is 2. The van der Waals surface area contributed by atoms with E-state index < -0.39 is 5.97 Å². The van der Waals surface area contributed by atoms with Gasteiger partial charge in [-0.05, 0) is 35.7 Å². The highest BCUT2D eigenvalue weighted by molar-refractivity contribution is 7.18. The van der Waals surface area contributed by atoms with Crippen LogP contribution >= 0.6 is 11.3 Å². The molecule has 0 radical (unpaired) electrons. The Morgan fingerprint density at radius 1 is 1.12 bits per heavy atom. The van der Waals surface area contributed by atoms with Gasteiger partial charge < -0.3 is 9.47 Å². The molecule has 4 nitrogen and oxygen atoms in total. The highest BCUT2D eigenvalue weighted by atomic mass is 32.1. The van der Waals surface area contributed by atoms with Crippen LogP contribution in [-0.2, 0) is 16.1 Å². The second kappa shape index (κ2) is 7.45. The second-order valence-electron chi connectivity index (χ2n) is 5.75. The molecule has 0 aliphatic heterocycles. The molecule has 0 spiro atoms. The number of nitrogens with zero attached hydrogens (tertiary/aromatic N) is 1. The van der Waals surface area contributed by atoms with Gasteiger partial charge in [-0.3, -0.25) is 0 Å². The molecule has 2 aromatic carbocycles. The first-order valence-corrected chi connectivity index (χ1v) is 8.66. The Morgan fingerprint density at radius 3 is 2.58 bits per heavy atom. The number of rotatable bonds is 6. The molecule has 0 aliphatic carbocycles.